The quantitative estimate of drug-likeness (QED) is 0.647. The molecule has 0 radical (unpaired) electrons. The number of sulfonamides is 1. The lowest BCUT2D eigenvalue weighted by Gasteiger charge is -2.23. The molecule has 2 aromatic rings. The maximum atomic E-state index is 12.4. The third-order valence-corrected chi connectivity index (χ3v) is 5.65. The Morgan fingerprint density at radius 3 is 2.34 bits per heavy atom. The van der Waals surface area contributed by atoms with Crippen molar-refractivity contribution in [1.82, 2.24) is 5.32 Å². The van der Waals surface area contributed by atoms with Gasteiger partial charge in [-0.1, -0.05) is 17.7 Å². The van der Waals surface area contributed by atoms with Crippen molar-refractivity contribution in [3.63, 3.8) is 0 Å². The predicted octanol–water partition coefficient (Wildman–Crippen LogP) is 3.01. The molecule has 1 atom stereocenters. The van der Waals surface area contributed by atoms with Crippen LogP contribution in [0.1, 0.15) is 12.5 Å². The van der Waals surface area contributed by atoms with E-state index in [-0.39, 0.29) is 19.2 Å². The van der Waals surface area contributed by atoms with Crippen LogP contribution in [0.2, 0.25) is 5.02 Å². The van der Waals surface area contributed by atoms with Gasteiger partial charge in [0.2, 0.25) is 15.9 Å². The van der Waals surface area contributed by atoms with Crippen LogP contribution in [0.5, 0.6) is 11.5 Å². The summed E-state index contributed by atoms with van der Waals surface area (Å²) in [5.74, 6) is 0.910. The van der Waals surface area contributed by atoms with Gasteiger partial charge in [0.15, 0.2) is 0 Å². The predicted molar refractivity (Wildman–Crippen MR) is 114 cm³/mol. The molecule has 0 fully saturated rings. The summed E-state index contributed by atoms with van der Waals surface area (Å²) in [4.78, 5) is 12.4. The standard InChI is InChI=1S/C20H25ClN2O5S/c1-14-5-6-16(11-19(14)21)23(29(4,25)26)12-20(24)22-15(2)13-28-18-9-7-17(27-3)8-10-18/h5-11,15H,12-13H2,1-4H3,(H,22,24)/t15-/m0/s1. The van der Waals surface area contributed by atoms with Crippen LogP contribution in [0.3, 0.4) is 0 Å². The first-order valence-corrected chi connectivity index (χ1v) is 11.1. The van der Waals surface area contributed by atoms with Crippen LogP contribution in [0.25, 0.3) is 0 Å². The highest BCUT2D eigenvalue weighted by atomic mass is 35.5. The Morgan fingerprint density at radius 2 is 1.79 bits per heavy atom. The average Bonchev–Trinajstić information content (AvgIpc) is 2.66. The highest BCUT2D eigenvalue weighted by Crippen LogP contribution is 2.24. The van der Waals surface area contributed by atoms with E-state index >= 15 is 0 Å². The molecule has 0 saturated carbocycles. The molecular formula is C20H25ClN2O5S. The lowest BCUT2D eigenvalue weighted by molar-refractivity contribution is -0.120. The number of rotatable bonds is 9. The van der Waals surface area contributed by atoms with E-state index in [0.29, 0.717) is 16.5 Å². The molecule has 9 heteroatoms. The first kappa shape index (κ1) is 22.8. The number of hydrogen-bond acceptors (Lipinski definition) is 5. The van der Waals surface area contributed by atoms with Crippen molar-refractivity contribution < 1.29 is 22.7 Å². The molecule has 0 bridgehead atoms. The van der Waals surface area contributed by atoms with Crippen molar-refractivity contribution in [2.45, 2.75) is 19.9 Å². The molecule has 0 aromatic heterocycles. The smallest absolute Gasteiger partial charge is 0.241 e. The SMILES string of the molecule is COc1ccc(OC[C@H](C)NC(=O)CN(c2ccc(C)c(Cl)c2)S(C)(=O)=O)cc1. The van der Waals surface area contributed by atoms with Crippen molar-refractivity contribution >= 4 is 33.2 Å². The number of carbonyl (C=O) groups excluding carboxylic acids is 1. The summed E-state index contributed by atoms with van der Waals surface area (Å²) in [6, 6.07) is 11.6. The fourth-order valence-electron chi connectivity index (χ4n) is 2.52. The van der Waals surface area contributed by atoms with Gasteiger partial charge in [0.05, 0.1) is 25.1 Å². The largest absolute Gasteiger partial charge is 0.497 e. The van der Waals surface area contributed by atoms with E-state index in [1.807, 2.05) is 6.92 Å². The summed E-state index contributed by atoms with van der Waals surface area (Å²) in [6.45, 7) is 3.46. The van der Waals surface area contributed by atoms with Crippen molar-refractivity contribution in [2.75, 3.05) is 30.8 Å². The Morgan fingerprint density at radius 1 is 1.17 bits per heavy atom. The van der Waals surface area contributed by atoms with Crippen molar-refractivity contribution in [2.24, 2.45) is 0 Å². The van der Waals surface area contributed by atoms with E-state index in [1.54, 1.807) is 50.4 Å². The van der Waals surface area contributed by atoms with Crippen molar-refractivity contribution in [1.29, 1.82) is 0 Å². The Bertz CT molecular complexity index is 948. The van der Waals surface area contributed by atoms with Crippen LogP contribution < -0.4 is 19.1 Å². The van der Waals surface area contributed by atoms with Gasteiger partial charge in [0.25, 0.3) is 0 Å². The molecule has 0 unspecified atom stereocenters. The Hall–Kier alpha value is -2.45. The highest BCUT2D eigenvalue weighted by Gasteiger charge is 2.22. The van der Waals surface area contributed by atoms with Gasteiger partial charge in [-0.05, 0) is 55.8 Å². The Labute approximate surface area is 176 Å². The summed E-state index contributed by atoms with van der Waals surface area (Å²) < 4.78 is 36.1. The summed E-state index contributed by atoms with van der Waals surface area (Å²) >= 11 is 6.10. The molecule has 0 aliphatic rings. The molecule has 29 heavy (non-hydrogen) atoms. The molecule has 2 rings (SSSR count). The number of aryl methyl sites for hydroxylation is 1. The normalized spacial score (nSPS) is 12.2. The molecule has 0 spiro atoms. The summed E-state index contributed by atoms with van der Waals surface area (Å²) in [5, 5.41) is 3.17. The minimum Gasteiger partial charge on any atom is -0.497 e. The number of ether oxygens (including phenoxy) is 2. The zero-order valence-electron chi connectivity index (χ0n) is 16.8. The number of halogens is 1. The number of nitrogens with one attached hydrogen (secondary N) is 1. The van der Waals surface area contributed by atoms with E-state index in [2.05, 4.69) is 5.32 Å². The molecule has 0 aliphatic heterocycles. The second kappa shape index (κ2) is 9.84. The molecular weight excluding hydrogens is 416 g/mol. The lowest BCUT2D eigenvalue weighted by Crippen LogP contribution is -2.44. The van der Waals surface area contributed by atoms with E-state index in [0.717, 1.165) is 21.9 Å². The number of anilines is 1. The number of methoxy groups -OCH3 is 1. The Balaban J connectivity index is 1.97. The molecule has 158 valence electrons. The Kier molecular flexibility index (Phi) is 7.75. The van der Waals surface area contributed by atoms with E-state index in [4.69, 9.17) is 21.1 Å². The van der Waals surface area contributed by atoms with Gasteiger partial charge in [-0.3, -0.25) is 9.10 Å². The van der Waals surface area contributed by atoms with Gasteiger partial charge in [-0.25, -0.2) is 8.42 Å². The van der Waals surface area contributed by atoms with Crippen LogP contribution in [0, 0.1) is 6.92 Å². The number of carbonyl (C=O) groups is 1. The molecule has 1 N–H and O–H groups in total. The third kappa shape index (κ3) is 6.83. The van der Waals surface area contributed by atoms with E-state index < -0.39 is 15.9 Å². The number of amides is 1. The van der Waals surface area contributed by atoms with Gasteiger partial charge in [0.1, 0.15) is 24.7 Å². The zero-order chi connectivity index (χ0) is 21.6. The maximum Gasteiger partial charge on any atom is 0.241 e. The minimum absolute atomic E-state index is 0.229. The molecule has 1 amide bonds. The fourth-order valence-corrected chi connectivity index (χ4v) is 3.55. The lowest BCUT2D eigenvalue weighted by atomic mass is 10.2. The average molecular weight is 441 g/mol. The molecule has 7 nitrogen and oxygen atoms in total. The van der Waals surface area contributed by atoms with Gasteiger partial charge in [0, 0.05) is 5.02 Å². The van der Waals surface area contributed by atoms with Gasteiger partial charge in [-0.15, -0.1) is 0 Å². The summed E-state index contributed by atoms with van der Waals surface area (Å²) in [7, 11) is -2.09. The van der Waals surface area contributed by atoms with E-state index in [9.17, 15) is 13.2 Å². The second-order valence-electron chi connectivity index (χ2n) is 6.66. The van der Waals surface area contributed by atoms with E-state index in [1.165, 1.54) is 6.07 Å². The molecule has 0 saturated heterocycles. The zero-order valence-corrected chi connectivity index (χ0v) is 18.4. The molecule has 0 aliphatic carbocycles. The topological polar surface area (TPSA) is 84.9 Å². The van der Waals surface area contributed by atoms with Gasteiger partial charge >= 0.3 is 0 Å². The van der Waals surface area contributed by atoms with Crippen LogP contribution in [0.4, 0.5) is 5.69 Å². The van der Waals surface area contributed by atoms with Crippen LogP contribution in [-0.2, 0) is 14.8 Å². The fraction of sp³-hybridized carbons (Fsp3) is 0.350. The first-order chi connectivity index (χ1) is 13.6. The second-order valence-corrected chi connectivity index (χ2v) is 8.97. The number of hydrogen-bond donors (Lipinski definition) is 1. The summed E-state index contributed by atoms with van der Waals surface area (Å²) in [5.41, 5.74) is 1.15. The molecule has 0 heterocycles. The third-order valence-electron chi connectivity index (χ3n) is 4.10. The van der Waals surface area contributed by atoms with Crippen LogP contribution in [-0.4, -0.2) is 46.9 Å². The summed E-state index contributed by atoms with van der Waals surface area (Å²) in [6.07, 6.45) is 1.05. The van der Waals surface area contributed by atoms with Crippen molar-refractivity contribution in [3.8, 4) is 11.5 Å². The first-order valence-electron chi connectivity index (χ1n) is 8.90. The maximum absolute atomic E-state index is 12.4. The monoisotopic (exact) mass is 440 g/mol. The highest BCUT2D eigenvalue weighted by molar-refractivity contribution is 7.92. The number of benzene rings is 2. The molecule has 2 aromatic carbocycles. The van der Waals surface area contributed by atoms with Crippen molar-refractivity contribution in [3.05, 3.63) is 53.1 Å². The van der Waals surface area contributed by atoms with Crippen LogP contribution in [0.15, 0.2) is 42.5 Å². The van der Waals surface area contributed by atoms with Gasteiger partial charge in [-0.2, -0.15) is 0 Å². The van der Waals surface area contributed by atoms with Gasteiger partial charge < -0.3 is 14.8 Å². The number of nitrogens with zero attached hydrogens (tertiary/aromatic N) is 1. The minimum atomic E-state index is -3.67. The van der Waals surface area contributed by atoms with Crippen LogP contribution >= 0.6 is 11.6 Å².